The van der Waals surface area contributed by atoms with Crippen molar-refractivity contribution >= 4 is 11.6 Å². The van der Waals surface area contributed by atoms with Crippen molar-refractivity contribution in [2.75, 3.05) is 0 Å². The Morgan fingerprint density at radius 2 is 1.68 bits per heavy atom. The van der Waals surface area contributed by atoms with Crippen molar-refractivity contribution in [2.24, 2.45) is 0 Å². The molecule has 5 nitrogen and oxygen atoms in total. The van der Waals surface area contributed by atoms with Gasteiger partial charge in [-0.2, -0.15) is 5.10 Å². The van der Waals surface area contributed by atoms with Crippen LogP contribution in [-0.2, 0) is 0 Å². The molecule has 4 rings (SSSR count). The van der Waals surface area contributed by atoms with Crippen LogP contribution in [0.5, 0.6) is 0 Å². The Balaban J connectivity index is 2.06. The molecule has 0 aliphatic rings. The van der Waals surface area contributed by atoms with Crippen LogP contribution in [0.3, 0.4) is 0 Å². The third kappa shape index (κ3) is 2.53. The largest absolute Gasteiger partial charge is 0.477 e. The van der Waals surface area contributed by atoms with E-state index < -0.39 is 5.97 Å². The summed E-state index contributed by atoms with van der Waals surface area (Å²) < 4.78 is 14.8. The van der Waals surface area contributed by atoms with E-state index in [2.05, 4.69) is 10.1 Å². The monoisotopic (exact) mass is 333 g/mol. The minimum absolute atomic E-state index is 0.0304. The van der Waals surface area contributed by atoms with Crippen LogP contribution >= 0.6 is 0 Å². The highest BCUT2D eigenvalue weighted by Crippen LogP contribution is 2.32. The second kappa shape index (κ2) is 5.83. The Kier molecular flexibility index (Phi) is 3.50. The first-order chi connectivity index (χ1) is 12.1. The molecule has 0 atom stereocenters. The zero-order chi connectivity index (χ0) is 17.4. The van der Waals surface area contributed by atoms with E-state index in [1.807, 2.05) is 30.3 Å². The second-order valence-corrected chi connectivity index (χ2v) is 5.49. The van der Waals surface area contributed by atoms with Gasteiger partial charge in [-0.05, 0) is 17.7 Å². The average Bonchev–Trinajstić information content (AvgIpc) is 3.06. The van der Waals surface area contributed by atoms with E-state index >= 15 is 0 Å². The minimum atomic E-state index is -1.09. The summed E-state index contributed by atoms with van der Waals surface area (Å²) in [5.41, 5.74) is 3.35. The van der Waals surface area contributed by atoms with Crippen LogP contribution in [-0.4, -0.2) is 25.7 Å². The van der Waals surface area contributed by atoms with Crippen LogP contribution in [0.15, 0.2) is 67.0 Å². The lowest BCUT2D eigenvalue weighted by Crippen LogP contribution is -2.02. The van der Waals surface area contributed by atoms with Gasteiger partial charge < -0.3 is 5.11 Å². The molecule has 0 amide bonds. The maximum absolute atomic E-state index is 13.3. The first kappa shape index (κ1) is 15.0. The third-order valence-corrected chi connectivity index (χ3v) is 3.96. The van der Waals surface area contributed by atoms with E-state index in [0.29, 0.717) is 5.69 Å². The SMILES string of the molecule is O=C(O)c1cnn2c(-c3ccccc3)c(-c3ccc(F)cc3)cnc12. The number of hydrogen-bond acceptors (Lipinski definition) is 3. The fourth-order valence-electron chi connectivity index (χ4n) is 2.80. The maximum Gasteiger partial charge on any atom is 0.341 e. The molecule has 6 heteroatoms. The summed E-state index contributed by atoms with van der Waals surface area (Å²) in [4.78, 5) is 15.7. The molecule has 25 heavy (non-hydrogen) atoms. The number of carbonyl (C=O) groups is 1. The van der Waals surface area contributed by atoms with Gasteiger partial charge in [-0.25, -0.2) is 18.7 Å². The Labute approximate surface area is 142 Å². The molecule has 2 heterocycles. The van der Waals surface area contributed by atoms with Crippen molar-refractivity contribution < 1.29 is 14.3 Å². The van der Waals surface area contributed by atoms with Crippen LogP contribution in [0.25, 0.3) is 28.0 Å². The molecule has 0 saturated heterocycles. The van der Waals surface area contributed by atoms with E-state index in [4.69, 9.17) is 0 Å². The first-order valence-electron chi connectivity index (χ1n) is 7.56. The summed E-state index contributed by atoms with van der Waals surface area (Å²) in [5, 5.41) is 13.5. The van der Waals surface area contributed by atoms with Gasteiger partial charge in [0, 0.05) is 17.3 Å². The molecular weight excluding hydrogens is 321 g/mol. The van der Waals surface area contributed by atoms with Gasteiger partial charge >= 0.3 is 5.97 Å². The molecule has 1 N–H and O–H groups in total. The molecule has 4 aromatic rings. The van der Waals surface area contributed by atoms with E-state index in [0.717, 1.165) is 16.7 Å². The van der Waals surface area contributed by atoms with Gasteiger partial charge in [-0.1, -0.05) is 42.5 Å². The fraction of sp³-hybridized carbons (Fsp3) is 0. The number of carboxylic acids is 1. The van der Waals surface area contributed by atoms with E-state index in [9.17, 15) is 14.3 Å². The quantitative estimate of drug-likeness (QED) is 0.617. The second-order valence-electron chi connectivity index (χ2n) is 5.49. The van der Waals surface area contributed by atoms with Crippen LogP contribution in [0.4, 0.5) is 4.39 Å². The fourth-order valence-corrected chi connectivity index (χ4v) is 2.80. The molecule has 0 aliphatic carbocycles. The lowest BCUT2D eigenvalue weighted by molar-refractivity contribution is 0.0698. The van der Waals surface area contributed by atoms with E-state index in [-0.39, 0.29) is 17.0 Å². The van der Waals surface area contributed by atoms with Gasteiger partial charge in [-0.15, -0.1) is 0 Å². The predicted molar refractivity (Wildman–Crippen MR) is 90.8 cm³/mol. The minimum Gasteiger partial charge on any atom is -0.477 e. The van der Waals surface area contributed by atoms with Crippen molar-refractivity contribution in [3.63, 3.8) is 0 Å². The van der Waals surface area contributed by atoms with Gasteiger partial charge in [0.05, 0.1) is 11.9 Å². The smallest absolute Gasteiger partial charge is 0.341 e. The van der Waals surface area contributed by atoms with E-state index in [1.54, 1.807) is 18.3 Å². The number of benzene rings is 2. The molecule has 0 bridgehead atoms. The summed E-state index contributed by atoms with van der Waals surface area (Å²) in [6, 6.07) is 15.5. The van der Waals surface area contributed by atoms with Crippen LogP contribution in [0, 0.1) is 5.82 Å². The lowest BCUT2D eigenvalue weighted by atomic mass is 10.0. The average molecular weight is 333 g/mol. The Morgan fingerprint density at radius 1 is 0.960 bits per heavy atom. The highest BCUT2D eigenvalue weighted by atomic mass is 19.1. The zero-order valence-corrected chi connectivity index (χ0v) is 12.9. The standard InChI is InChI=1S/C19H12FN3O2/c20-14-8-6-12(7-9-14)15-10-21-18-16(19(24)25)11-22-23(18)17(15)13-4-2-1-3-5-13/h1-11H,(H,24,25). The summed E-state index contributed by atoms with van der Waals surface area (Å²) in [5.74, 6) is -1.41. The number of hydrogen-bond donors (Lipinski definition) is 1. The molecule has 0 spiro atoms. The molecule has 0 fully saturated rings. The number of rotatable bonds is 3. The highest BCUT2D eigenvalue weighted by molar-refractivity contribution is 5.95. The van der Waals surface area contributed by atoms with Crippen molar-refractivity contribution in [3.8, 4) is 22.4 Å². The molecule has 122 valence electrons. The number of aromatic carboxylic acids is 1. The summed E-state index contributed by atoms with van der Waals surface area (Å²) in [6.07, 6.45) is 2.88. The molecule has 2 aromatic heterocycles. The van der Waals surface area contributed by atoms with Crippen molar-refractivity contribution in [1.82, 2.24) is 14.6 Å². The molecular formula is C19H12FN3O2. The number of fused-ring (bicyclic) bond motifs is 1. The van der Waals surface area contributed by atoms with Crippen molar-refractivity contribution in [1.29, 1.82) is 0 Å². The Hall–Kier alpha value is -3.54. The molecule has 0 radical (unpaired) electrons. The normalized spacial score (nSPS) is 10.9. The van der Waals surface area contributed by atoms with Gasteiger partial charge in [0.25, 0.3) is 0 Å². The highest BCUT2D eigenvalue weighted by Gasteiger charge is 2.19. The molecule has 0 saturated carbocycles. The Bertz CT molecular complexity index is 1070. The maximum atomic E-state index is 13.3. The summed E-state index contributed by atoms with van der Waals surface area (Å²) in [7, 11) is 0. The zero-order valence-electron chi connectivity index (χ0n) is 12.9. The van der Waals surface area contributed by atoms with Crippen molar-refractivity contribution in [2.45, 2.75) is 0 Å². The van der Waals surface area contributed by atoms with Gasteiger partial charge in [0.1, 0.15) is 11.4 Å². The lowest BCUT2D eigenvalue weighted by Gasteiger charge is -2.12. The van der Waals surface area contributed by atoms with Crippen LogP contribution in [0.1, 0.15) is 10.4 Å². The number of aromatic nitrogens is 3. The number of halogens is 1. The van der Waals surface area contributed by atoms with E-state index in [1.165, 1.54) is 22.8 Å². The molecule has 2 aromatic carbocycles. The first-order valence-corrected chi connectivity index (χ1v) is 7.56. The third-order valence-electron chi connectivity index (χ3n) is 3.96. The van der Waals surface area contributed by atoms with Gasteiger partial charge in [-0.3, -0.25) is 0 Å². The van der Waals surface area contributed by atoms with Crippen molar-refractivity contribution in [3.05, 3.63) is 78.4 Å². The summed E-state index contributed by atoms with van der Waals surface area (Å²) >= 11 is 0. The number of carboxylic acid groups (broad SMARTS) is 1. The Morgan fingerprint density at radius 3 is 2.36 bits per heavy atom. The summed E-state index contributed by atoms with van der Waals surface area (Å²) in [6.45, 7) is 0. The molecule has 0 unspecified atom stereocenters. The van der Waals surface area contributed by atoms with Gasteiger partial charge in [0.2, 0.25) is 0 Å². The predicted octanol–water partition coefficient (Wildman–Crippen LogP) is 3.90. The number of nitrogens with zero attached hydrogens (tertiary/aromatic N) is 3. The van der Waals surface area contributed by atoms with Gasteiger partial charge in [0.15, 0.2) is 5.65 Å². The topological polar surface area (TPSA) is 67.5 Å². The van der Waals surface area contributed by atoms with Crippen LogP contribution < -0.4 is 0 Å². The molecule has 0 aliphatic heterocycles. The van der Waals surface area contributed by atoms with Crippen LogP contribution in [0.2, 0.25) is 0 Å².